The number of benzene rings is 2. The molecule has 0 aliphatic heterocycles. The van der Waals surface area contributed by atoms with Gasteiger partial charge >= 0.3 is 0 Å². The number of hydrogen-bond donors (Lipinski definition) is 3. The third-order valence-corrected chi connectivity index (χ3v) is 3.61. The monoisotopic (exact) mass is 287 g/mol. The first-order valence-corrected chi connectivity index (χ1v) is 6.93. The summed E-state index contributed by atoms with van der Waals surface area (Å²) in [5, 5.41) is 23.2. The second-order valence-electron chi connectivity index (χ2n) is 5.09. The van der Waals surface area contributed by atoms with Gasteiger partial charge in [-0.25, -0.2) is 0 Å². The highest BCUT2D eigenvalue weighted by molar-refractivity contribution is 5.45. The topological polar surface area (TPSA) is 61.7 Å². The van der Waals surface area contributed by atoms with Gasteiger partial charge in [-0.15, -0.1) is 0 Å². The fourth-order valence-corrected chi connectivity index (χ4v) is 2.43. The molecule has 4 heteroatoms. The molecule has 2 aromatic carbocycles. The van der Waals surface area contributed by atoms with Crippen LogP contribution in [-0.4, -0.2) is 17.3 Å². The highest BCUT2D eigenvalue weighted by atomic mass is 16.5. The molecule has 0 amide bonds. The first-order valence-electron chi connectivity index (χ1n) is 6.93. The standard InChI is InChI=1S/C17H21NO3/c1-11(13-7-9-14(21-3)10-8-13)18-12(2)17-15(19)5-4-6-16(17)20/h4-12,18-20H,1-3H3/t11-,12?/m1/s1. The summed E-state index contributed by atoms with van der Waals surface area (Å²) in [6.45, 7) is 3.95. The summed E-state index contributed by atoms with van der Waals surface area (Å²) in [6.07, 6.45) is 0. The first-order chi connectivity index (χ1) is 10.0. The van der Waals surface area contributed by atoms with Gasteiger partial charge < -0.3 is 20.3 Å². The molecule has 112 valence electrons. The summed E-state index contributed by atoms with van der Waals surface area (Å²) >= 11 is 0. The molecular formula is C17H21NO3. The molecule has 0 spiro atoms. The zero-order valence-electron chi connectivity index (χ0n) is 12.5. The van der Waals surface area contributed by atoms with Crippen LogP contribution in [0.1, 0.15) is 37.1 Å². The van der Waals surface area contributed by atoms with Crippen molar-refractivity contribution in [1.29, 1.82) is 0 Å². The smallest absolute Gasteiger partial charge is 0.124 e. The third kappa shape index (κ3) is 3.47. The lowest BCUT2D eigenvalue weighted by Crippen LogP contribution is -2.22. The second kappa shape index (κ2) is 6.50. The molecule has 2 rings (SSSR count). The van der Waals surface area contributed by atoms with E-state index in [1.54, 1.807) is 25.3 Å². The number of ether oxygens (including phenoxy) is 1. The van der Waals surface area contributed by atoms with Crippen LogP contribution in [0.4, 0.5) is 0 Å². The maximum absolute atomic E-state index is 9.90. The Morgan fingerprint density at radius 3 is 2.00 bits per heavy atom. The van der Waals surface area contributed by atoms with Gasteiger partial charge in [0.25, 0.3) is 0 Å². The fraction of sp³-hybridized carbons (Fsp3) is 0.294. The molecule has 21 heavy (non-hydrogen) atoms. The molecule has 0 radical (unpaired) electrons. The molecule has 0 aromatic heterocycles. The quantitative estimate of drug-likeness (QED) is 0.787. The van der Waals surface area contributed by atoms with E-state index < -0.39 is 0 Å². The Bertz CT molecular complexity index is 575. The normalized spacial score (nSPS) is 13.7. The lowest BCUT2D eigenvalue weighted by Gasteiger charge is -2.22. The maximum atomic E-state index is 9.90. The SMILES string of the molecule is COc1ccc([C@@H](C)NC(C)c2c(O)cccc2O)cc1. The van der Waals surface area contributed by atoms with Gasteiger partial charge in [-0.05, 0) is 43.7 Å². The van der Waals surface area contributed by atoms with Crippen molar-refractivity contribution < 1.29 is 14.9 Å². The minimum absolute atomic E-state index is 0.0740. The van der Waals surface area contributed by atoms with Crippen molar-refractivity contribution in [3.05, 3.63) is 53.6 Å². The van der Waals surface area contributed by atoms with E-state index in [-0.39, 0.29) is 23.6 Å². The minimum atomic E-state index is -0.177. The summed E-state index contributed by atoms with van der Waals surface area (Å²) in [7, 11) is 1.64. The molecule has 0 saturated carbocycles. The van der Waals surface area contributed by atoms with Crippen LogP contribution in [0.15, 0.2) is 42.5 Å². The fourth-order valence-electron chi connectivity index (χ4n) is 2.43. The molecule has 0 fully saturated rings. The summed E-state index contributed by atoms with van der Waals surface area (Å²) in [4.78, 5) is 0. The van der Waals surface area contributed by atoms with Crippen LogP contribution in [0.25, 0.3) is 0 Å². The lowest BCUT2D eigenvalue weighted by atomic mass is 10.0. The van der Waals surface area contributed by atoms with Crippen molar-refractivity contribution in [2.24, 2.45) is 0 Å². The van der Waals surface area contributed by atoms with Crippen LogP contribution in [-0.2, 0) is 0 Å². The summed E-state index contributed by atoms with van der Waals surface area (Å²) in [5.74, 6) is 1.01. The molecule has 4 nitrogen and oxygen atoms in total. The van der Waals surface area contributed by atoms with Crippen molar-refractivity contribution in [3.8, 4) is 17.2 Å². The van der Waals surface area contributed by atoms with E-state index in [0.717, 1.165) is 11.3 Å². The number of rotatable bonds is 5. The van der Waals surface area contributed by atoms with E-state index in [1.807, 2.05) is 38.1 Å². The third-order valence-electron chi connectivity index (χ3n) is 3.61. The number of nitrogens with one attached hydrogen (secondary N) is 1. The van der Waals surface area contributed by atoms with Crippen molar-refractivity contribution in [3.63, 3.8) is 0 Å². The van der Waals surface area contributed by atoms with Gasteiger partial charge in [0, 0.05) is 12.1 Å². The largest absolute Gasteiger partial charge is 0.507 e. The molecular weight excluding hydrogens is 266 g/mol. The second-order valence-corrected chi connectivity index (χ2v) is 5.09. The Kier molecular flexibility index (Phi) is 4.70. The molecule has 0 aliphatic rings. The average Bonchev–Trinajstić information content (AvgIpc) is 2.47. The highest BCUT2D eigenvalue weighted by Crippen LogP contribution is 2.33. The van der Waals surface area contributed by atoms with Gasteiger partial charge in [0.05, 0.1) is 12.7 Å². The molecule has 2 aromatic rings. The van der Waals surface area contributed by atoms with Crippen LogP contribution in [0.5, 0.6) is 17.2 Å². The van der Waals surface area contributed by atoms with Crippen LogP contribution in [0, 0.1) is 0 Å². The Morgan fingerprint density at radius 1 is 0.905 bits per heavy atom. The predicted molar refractivity (Wildman–Crippen MR) is 82.7 cm³/mol. The summed E-state index contributed by atoms with van der Waals surface area (Å²) in [6, 6.07) is 12.5. The van der Waals surface area contributed by atoms with Gasteiger partial charge in [0.1, 0.15) is 17.2 Å². The highest BCUT2D eigenvalue weighted by Gasteiger charge is 2.17. The van der Waals surface area contributed by atoms with Crippen molar-refractivity contribution >= 4 is 0 Å². The zero-order chi connectivity index (χ0) is 15.4. The predicted octanol–water partition coefficient (Wildman–Crippen LogP) is 3.52. The maximum Gasteiger partial charge on any atom is 0.124 e. The van der Waals surface area contributed by atoms with E-state index in [2.05, 4.69) is 5.32 Å². The van der Waals surface area contributed by atoms with Crippen LogP contribution < -0.4 is 10.1 Å². The van der Waals surface area contributed by atoms with E-state index in [9.17, 15) is 10.2 Å². The van der Waals surface area contributed by atoms with Gasteiger partial charge in [0.15, 0.2) is 0 Å². The van der Waals surface area contributed by atoms with Crippen molar-refractivity contribution in [2.75, 3.05) is 7.11 Å². The Hall–Kier alpha value is -2.20. The van der Waals surface area contributed by atoms with Gasteiger partial charge in [-0.1, -0.05) is 18.2 Å². The number of aromatic hydroxyl groups is 2. The van der Waals surface area contributed by atoms with E-state index in [4.69, 9.17) is 4.74 Å². The Morgan fingerprint density at radius 2 is 1.48 bits per heavy atom. The van der Waals surface area contributed by atoms with Crippen LogP contribution in [0.2, 0.25) is 0 Å². The summed E-state index contributed by atoms with van der Waals surface area (Å²) < 4.78 is 5.14. The lowest BCUT2D eigenvalue weighted by molar-refractivity contribution is 0.406. The molecule has 0 heterocycles. The molecule has 1 unspecified atom stereocenters. The van der Waals surface area contributed by atoms with Crippen LogP contribution in [0.3, 0.4) is 0 Å². The van der Waals surface area contributed by atoms with E-state index in [0.29, 0.717) is 5.56 Å². The zero-order valence-corrected chi connectivity index (χ0v) is 12.5. The van der Waals surface area contributed by atoms with Gasteiger partial charge in [0.2, 0.25) is 0 Å². The average molecular weight is 287 g/mol. The summed E-state index contributed by atoms with van der Waals surface area (Å²) in [5.41, 5.74) is 1.62. The molecule has 0 aliphatic carbocycles. The van der Waals surface area contributed by atoms with Gasteiger partial charge in [-0.3, -0.25) is 0 Å². The number of hydrogen-bond acceptors (Lipinski definition) is 4. The number of phenolic OH excluding ortho intramolecular Hbond substituents is 2. The van der Waals surface area contributed by atoms with Crippen molar-refractivity contribution in [2.45, 2.75) is 25.9 Å². The Balaban J connectivity index is 2.12. The molecule has 3 N–H and O–H groups in total. The van der Waals surface area contributed by atoms with Gasteiger partial charge in [-0.2, -0.15) is 0 Å². The number of phenols is 2. The number of methoxy groups -OCH3 is 1. The Labute approximate surface area is 125 Å². The van der Waals surface area contributed by atoms with E-state index >= 15 is 0 Å². The molecule has 0 saturated heterocycles. The molecule has 0 bridgehead atoms. The van der Waals surface area contributed by atoms with E-state index in [1.165, 1.54) is 0 Å². The van der Waals surface area contributed by atoms with Crippen LogP contribution >= 0.6 is 0 Å². The van der Waals surface area contributed by atoms with Crippen molar-refractivity contribution in [1.82, 2.24) is 5.32 Å². The first kappa shape index (κ1) is 15.2. The molecule has 2 atom stereocenters. The minimum Gasteiger partial charge on any atom is -0.507 e.